The van der Waals surface area contributed by atoms with E-state index in [9.17, 15) is 9.90 Å². The van der Waals surface area contributed by atoms with Crippen LogP contribution in [0.5, 0.6) is 11.5 Å². The number of phenols is 2. The molecule has 0 spiro atoms. The van der Waals surface area contributed by atoms with Crippen molar-refractivity contribution in [3.63, 3.8) is 0 Å². The van der Waals surface area contributed by atoms with Gasteiger partial charge in [0.15, 0.2) is 11.5 Å². The van der Waals surface area contributed by atoms with Crippen molar-refractivity contribution in [3.8, 4) is 11.5 Å². The Morgan fingerprint density at radius 1 is 1.38 bits per heavy atom. The number of nitrogens with one attached hydrogen (secondary N) is 1. The molecule has 0 saturated carbocycles. The van der Waals surface area contributed by atoms with Crippen LogP contribution in [0.2, 0.25) is 0 Å². The summed E-state index contributed by atoms with van der Waals surface area (Å²) >= 11 is 0. The molecule has 0 fully saturated rings. The number of carbonyl (C=O) groups is 1. The summed E-state index contributed by atoms with van der Waals surface area (Å²) < 4.78 is 0. The van der Waals surface area contributed by atoms with Gasteiger partial charge in [0, 0.05) is 12.6 Å². The Bertz CT molecular complexity index is 424. The molecule has 0 aliphatic heterocycles. The van der Waals surface area contributed by atoms with Crippen molar-refractivity contribution in [2.24, 2.45) is 0 Å². The predicted octanol–water partition coefficient (Wildman–Crippen LogP) is 1.41. The van der Waals surface area contributed by atoms with Crippen LogP contribution in [0.25, 0.3) is 6.08 Å². The Kier molecular flexibility index (Phi) is 4.15. The van der Waals surface area contributed by atoms with E-state index in [0.717, 1.165) is 0 Å². The van der Waals surface area contributed by atoms with Gasteiger partial charge in [0.25, 0.3) is 0 Å². The number of rotatable bonds is 4. The summed E-state index contributed by atoms with van der Waals surface area (Å²) in [5.41, 5.74) is 0.629. The van der Waals surface area contributed by atoms with E-state index in [4.69, 9.17) is 5.11 Å². The van der Waals surface area contributed by atoms with E-state index in [1.165, 1.54) is 24.3 Å². The van der Waals surface area contributed by atoms with Gasteiger partial charge in [0.2, 0.25) is 5.91 Å². The minimum Gasteiger partial charge on any atom is -0.504 e. The average Bonchev–Trinajstić information content (AvgIpc) is 2.28. The number of hydrogen-bond acceptors (Lipinski definition) is 3. The summed E-state index contributed by atoms with van der Waals surface area (Å²) in [5.74, 6) is -0.644. The first kappa shape index (κ1) is 11.8. The predicted molar refractivity (Wildman–Crippen MR) is 62.0 cm³/mol. The summed E-state index contributed by atoms with van der Waals surface area (Å²) in [5, 5.41) is 20.9. The quantitative estimate of drug-likeness (QED) is 0.407. The molecule has 84 valence electrons. The fourth-order valence-corrected chi connectivity index (χ4v) is 1.05. The molecule has 3 N–H and O–H groups in total. The number of amides is 1. The maximum Gasteiger partial charge on any atom is 0.244 e. The molecule has 16 heavy (non-hydrogen) atoms. The van der Waals surface area contributed by atoms with Crippen molar-refractivity contribution < 1.29 is 15.0 Å². The Hall–Kier alpha value is -2.23. The largest absolute Gasteiger partial charge is 0.504 e. The molecule has 1 aromatic carbocycles. The summed E-state index contributed by atoms with van der Waals surface area (Å²) in [6, 6.07) is 4.32. The van der Waals surface area contributed by atoms with Gasteiger partial charge in [0.05, 0.1) is 0 Å². The van der Waals surface area contributed by atoms with Gasteiger partial charge in [-0.3, -0.25) is 4.79 Å². The van der Waals surface area contributed by atoms with Crippen LogP contribution in [0.4, 0.5) is 0 Å². The van der Waals surface area contributed by atoms with Crippen molar-refractivity contribution in [2.45, 2.75) is 0 Å². The van der Waals surface area contributed by atoms with E-state index >= 15 is 0 Å². The molecular formula is C12H13NO3. The van der Waals surface area contributed by atoms with Gasteiger partial charge in [-0.25, -0.2) is 0 Å². The van der Waals surface area contributed by atoms with Crippen molar-refractivity contribution in [1.82, 2.24) is 5.32 Å². The number of carbonyl (C=O) groups excluding carboxylic acids is 1. The third-order valence-electron chi connectivity index (χ3n) is 1.85. The van der Waals surface area contributed by atoms with Gasteiger partial charge in [-0.2, -0.15) is 0 Å². The Labute approximate surface area is 93.5 Å². The zero-order valence-corrected chi connectivity index (χ0v) is 8.68. The van der Waals surface area contributed by atoms with Gasteiger partial charge in [-0.1, -0.05) is 12.1 Å². The molecule has 0 aliphatic rings. The molecular weight excluding hydrogens is 206 g/mol. The van der Waals surface area contributed by atoms with Crippen molar-refractivity contribution in [3.05, 3.63) is 42.5 Å². The molecule has 4 heteroatoms. The minimum absolute atomic E-state index is 0.187. The van der Waals surface area contributed by atoms with Crippen LogP contribution in [0.1, 0.15) is 5.56 Å². The first-order valence-corrected chi connectivity index (χ1v) is 4.72. The lowest BCUT2D eigenvalue weighted by atomic mass is 10.2. The van der Waals surface area contributed by atoms with Crippen LogP contribution in [0, 0.1) is 0 Å². The number of phenolic OH excluding ortho intramolecular Hbond substituents is 2. The van der Waals surface area contributed by atoms with Crippen LogP contribution in [0.15, 0.2) is 36.9 Å². The van der Waals surface area contributed by atoms with Gasteiger partial charge in [-0.05, 0) is 23.8 Å². The van der Waals surface area contributed by atoms with E-state index in [1.807, 2.05) is 0 Å². The number of aromatic hydroxyl groups is 2. The van der Waals surface area contributed by atoms with Crippen molar-refractivity contribution in [2.75, 3.05) is 6.54 Å². The smallest absolute Gasteiger partial charge is 0.244 e. The van der Waals surface area contributed by atoms with Gasteiger partial charge in [-0.15, -0.1) is 6.58 Å². The molecule has 0 radical (unpaired) electrons. The number of hydrogen-bond donors (Lipinski definition) is 3. The van der Waals surface area contributed by atoms with Gasteiger partial charge >= 0.3 is 0 Å². The maximum atomic E-state index is 11.2. The molecule has 0 unspecified atom stereocenters. The highest BCUT2D eigenvalue weighted by Gasteiger charge is 1.98. The molecule has 0 aliphatic carbocycles. The molecule has 1 aromatic rings. The second kappa shape index (κ2) is 5.60. The van der Waals surface area contributed by atoms with Crippen molar-refractivity contribution >= 4 is 12.0 Å². The molecule has 0 heterocycles. The summed E-state index contributed by atoms with van der Waals surface area (Å²) in [6.45, 7) is 3.88. The van der Waals surface area contributed by atoms with E-state index in [1.54, 1.807) is 12.1 Å². The Morgan fingerprint density at radius 2 is 2.12 bits per heavy atom. The SMILES string of the molecule is C=CCNC(=O)/C=C/c1ccc(O)c(O)c1. The van der Waals surface area contributed by atoms with E-state index in [2.05, 4.69) is 11.9 Å². The van der Waals surface area contributed by atoms with Crippen LogP contribution in [0.3, 0.4) is 0 Å². The van der Waals surface area contributed by atoms with E-state index < -0.39 is 0 Å². The highest BCUT2D eigenvalue weighted by atomic mass is 16.3. The molecule has 1 rings (SSSR count). The lowest BCUT2D eigenvalue weighted by molar-refractivity contribution is -0.116. The standard InChI is InChI=1S/C12H13NO3/c1-2-7-13-12(16)6-4-9-3-5-10(14)11(15)8-9/h2-6,8,14-15H,1,7H2,(H,13,16)/b6-4+. The van der Waals surface area contributed by atoms with Gasteiger partial charge in [0.1, 0.15) is 0 Å². The Morgan fingerprint density at radius 3 is 2.75 bits per heavy atom. The molecule has 4 nitrogen and oxygen atoms in total. The fraction of sp³-hybridized carbons (Fsp3) is 0.0833. The van der Waals surface area contributed by atoms with Crippen LogP contribution in [-0.4, -0.2) is 22.7 Å². The lowest BCUT2D eigenvalue weighted by Gasteiger charge is -1.99. The fourth-order valence-electron chi connectivity index (χ4n) is 1.05. The van der Waals surface area contributed by atoms with Crippen molar-refractivity contribution in [1.29, 1.82) is 0 Å². The minimum atomic E-state index is -0.243. The van der Waals surface area contributed by atoms with Crippen LogP contribution in [-0.2, 0) is 4.79 Å². The highest BCUT2D eigenvalue weighted by molar-refractivity contribution is 5.91. The normalized spacial score (nSPS) is 10.2. The zero-order valence-electron chi connectivity index (χ0n) is 8.68. The van der Waals surface area contributed by atoms with Crippen LogP contribution >= 0.6 is 0 Å². The summed E-state index contributed by atoms with van der Waals surface area (Å²) in [4.78, 5) is 11.2. The van der Waals surface area contributed by atoms with Crippen LogP contribution < -0.4 is 5.32 Å². The molecule has 0 atom stereocenters. The topological polar surface area (TPSA) is 69.6 Å². The molecule has 0 bridgehead atoms. The second-order valence-electron chi connectivity index (χ2n) is 3.12. The summed E-state index contributed by atoms with van der Waals surface area (Å²) in [6.07, 6.45) is 4.46. The second-order valence-corrected chi connectivity index (χ2v) is 3.12. The lowest BCUT2D eigenvalue weighted by Crippen LogP contribution is -2.20. The highest BCUT2D eigenvalue weighted by Crippen LogP contribution is 2.25. The van der Waals surface area contributed by atoms with Gasteiger partial charge < -0.3 is 15.5 Å². The van der Waals surface area contributed by atoms with E-state index in [0.29, 0.717) is 12.1 Å². The first-order chi connectivity index (χ1) is 7.63. The maximum absolute atomic E-state index is 11.2. The number of benzene rings is 1. The average molecular weight is 219 g/mol. The first-order valence-electron chi connectivity index (χ1n) is 4.72. The molecule has 0 saturated heterocycles. The molecule has 1 amide bonds. The summed E-state index contributed by atoms with van der Waals surface area (Å²) in [7, 11) is 0. The Balaban J connectivity index is 2.65. The van der Waals surface area contributed by atoms with E-state index in [-0.39, 0.29) is 17.4 Å². The zero-order chi connectivity index (χ0) is 12.0. The third-order valence-corrected chi connectivity index (χ3v) is 1.85. The molecule has 0 aromatic heterocycles. The monoisotopic (exact) mass is 219 g/mol. The third kappa shape index (κ3) is 3.49.